The van der Waals surface area contributed by atoms with Gasteiger partial charge in [0.15, 0.2) is 5.84 Å². The minimum Gasteiger partial charge on any atom is -0.409 e. The van der Waals surface area contributed by atoms with Gasteiger partial charge in [-0.15, -0.1) is 0 Å². The highest BCUT2D eigenvalue weighted by Gasteiger charge is 2.21. The van der Waals surface area contributed by atoms with Crippen molar-refractivity contribution in [3.8, 4) is 0 Å². The molecular formula is C17H20N4O3S. The number of amidine groups is 1. The first-order valence-corrected chi connectivity index (χ1v) is 9.44. The van der Waals surface area contributed by atoms with Gasteiger partial charge in [-0.05, 0) is 24.3 Å². The summed E-state index contributed by atoms with van der Waals surface area (Å²) in [4.78, 5) is 4.29. The number of hydrogen-bond acceptors (Lipinski definition) is 5. The highest BCUT2D eigenvalue weighted by molar-refractivity contribution is 7.89. The molecule has 0 radical (unpaired) electrons. The quantitative estimate of drug-likeness (QED) is 0.372. The van der Waals surface area contributed by atoms with Gasteiger partial charge in [-0.3, -0.25) is 0 Å². The third kappa shape index (κ3) is 3.92. The number of rotatable bonds is 3. The zero-order chi connectivity index (χ0) is 17.9. The maximum Gasteiger partial charge on any atom is 0.238 e. The molecule has 0 spiro atoms. The normalized spacial score (nSPS) is 16.1. The van der Waals surface area contributed by atoms with Gasteiger partial charge in [-0.1, -0.05) is 35.5 Å². The molecule has 132 valence electrons. The van der Waals surface area contributed by atoms with Gasteiger partial charge in [0.1, 0.15) is 0 Å². The van der Waals surface area contributed by atoms with Crippen molar-refractivity contribution in [1.29, 1.82) is 0 Å². The van der Waals surface area contributed by atoms with Gasteiger partial charge in [-0.25, -0.2) is 13.6 Å². The molecule has 1 saturated heterocycles. The van der Waals surface area contributed by atoms with E-state index in [1.807, 2.05) is 35.2 Å². The molecule has 0 saturated carbocycles. The molecule has 1 fully saturated rings. The summed E-state index contributed by atoms with van der Waals surface area (Å²) in [5.41, 5.74) is 1.81. The highest BCUT2D eigenvalue weighted by Crippen LogP contribution is 2.20. The Morgan fingerprint density at radius 1 is 0.960 bits per heavy atom. The van der Waals surface area contributed by atoms with E-state index in [9.17, 15) is 13.6 Å². The number of hydrogen-bond donors (Lipinski definition) is 2. The van der Waals surface area contributed by atoms with Crippen LogP contribution in [0, 0.1) is 0 Å². The van der Waals surface area contributed by atoms with Crippen molar-refractivity contribution in [2.24, 2.45) is 10.3 Å². The molecule has 2 aromatic carbocycles. The maximum atomic E-state index is 11.3. The largest absolute Gasteiger partial charge is 0.409 e. The lowest BCUT2D eigenvalue weighted by atomic mass is 10.1. The number of primary sulfonamides is 1. The summed E-state index contributed by atoms with van der Waals surface area (Å²) in [6, 6.07) is 16.1. The molecule has 2 aromatic rings. The first-order chi connectivity index (χ1) is 12.0. The van der Waals surface area contributed by atoms with Gasteiger partial charge < -0.3 is 15.0 Å². The summed E-state index contributed by atoms with van der Waals surface area (Å²) in [5.74, 6) is 0.560. The van der Waals surface area contributed by atoms with Crippen LogP contribution in [0.3, 0.4) is 0 Å². The van der Waals surface area contributed by atoms with Crippen LogP contribution in [0.4, 0.5) is 5.69 Å². The molecule has 1 aliphatic heterocycles. The van der Waals surface area contributed by atoms with Crippen LogP contribution in [-0.2, 0) is 10.0 Å². The van der Waals surface area contributed by atoms with E-state index < -0.39 is 10.0 Å². The van der Waals surface area contributed by atoms with E-state index in [0.717, 1.165) is 24.3 Å². The van der Waals surface area contributed by atoms with E-state index in [4.69, 9.17) is 5.14 Å². The SMILES string of the molecule is NS(=O)(=O)c1ccc(N2CCN(/C(=N/O)c3ccccc3)CC2)cc1. The number of anilines is 1. The van der Waals surface area contributed by atoms with Crippen LogP contribution in [0.5, 0.6) is 0 Å². The Morgan fingerprint density at radius 2 is 1.56 bits per heavy atom. The predicted molar refractivity (Wildman–Crippen MR) is 96.4 cm³/mol. The summed E-state index contributed by atoms with van der Waals surface area (Å²) in [7, 11) is -3.67. The topological polar surface area (TPSA) is 99.2 Å². The molecule has 25 heavy (non-hydrogen) atoms. The lowest BCUT2D eigenvalue weighted by Crippen LogP contribution is -2.49. The van der Waals surface area contributed by atoms with Crippen LogP contribution in [0.25, 0.3) is 0 Å². The Bertz CT molecular complexity index is 843. The average Bonchev–Trinajstić information content (AvgIpc) is 2.63. The average molecular weight is 360 g/mol. The Hall–Kier alpha value is -2.58. The second-order valence-electron chi connectivity index (χ2n) is 5.80. The summed E-state index contributed by atoms with van der Waals surface area (Å²) < 4.78 is 22.7. The fourth-order valence-electron chi connectivity index (χ4n) is 2.91. The number of oxime groups is 1. The molecule has 0 aliphatic carbocycles. The molecule has 1 aliphatic rings. The zero-order valence-corrected chi connectivity index (χ0v) is 14.4. The standard InChI is InChI=1S/C17H20N4O3S/c18-25(23,24)16-8-6-15(7-9-16)20-10-12-21(13-11-20)17(19-22)14-4-2-1-3-5-14/h1-9,22H,10-13H2,(H2,18,23,24)/b19-17+. The van der Waals surface area contributed by atoms with E-state index in [2.05, 4.69) is 10.1 Å². The van der Waals surface area contributed by atoms with Crippen molar-refractivity contribution in [2.45, 2.75) is 4.90 Å². The summed E-state index contributed by atoms with van der Waals surface area (Å²) in [6.45, 7) is 2.87. The van der Waals surface area contributed by atoms with Crippen molar-refractivity contribution in [1.82, 2.24) is 4.90 Å². The van der Waals surface area contributed by atoms with Crippen LogP contribution >= 0.6 is 0 Å². The molecule has 0 unspecified atom stereocenters. The lowest BCUT2D eigenvalue weighted by molar-refractivity contribution is 0.296. The molecule has 0 amide bonds. The van der Waals surface area contributed by atoms with Crippen molar-refractivity contribution in [3.05, 3.63) is 60.2 Å². The van der Waals surface area contributed by atoms with Crippen LogP contribution in [-0.4, -0.2) is 50.5 Å². The van der Waals surface area contributed by atoms with Gasteiger partial charge in [0.05, 0.1) is 4.90 Å². The van der Waals surface area contributed by atoms with E-state index in [1.165, 1.54) is 12.1 Å². The number of nitrogens with two attached hydrogens (primary N) is 1. The zero-order valence-electron chi connectivity index (χ0n) is 13.6. The van der Waals surface area contributed by atoms with Gasteiger partial charge in [0.25, 0.3) is 0 Å². The van der Waals surface area contributed by atoms with Crippen LogP contribution in [0.2, 0.25) is 0 Å². The van der Waals surface area contributed by atoms with Crippen molar-refractivity contribution in [2.75, 3.05) is 31.1 Å². The molecule has 7 nitrogen and oxygen atoms in total. The molecule has 3 rings (SSSR count). The van der Waals surface area contributed by atoms with Gasteiger partial charge in [0.2, 0.25) is 10.0 Å². The smallest absolute Gasteiger partial charge is 0.238 e. The van der Waals surface area contributed by atoms with Crippen molar-refractivity contribution >= 4 is 21.5 Å². The van der Waals surface area contributed by atoms with Crippen LogP contribution in [0.1, 0.15) is 5.56 Å². The van der Waals surface area contributed by atoms with E-state index in [-0.39, 0.29) is 4.90 Å². The fourth-order valence-corrected chi connectivity index (χ4v) is 3.43. The maximum absolute atomic E-state index is 11.3. The predicted octanol–water partition coefficient (Wildman–Crippen LogP) is 1.29. The molecule has 8 heteroatoms. The number of benzene rings is 2. The third-order valence-electron chi connectivity index (χ3n) is 4.24. The Balaban J connectivity index is 1.67. The number of piperazine rings is 1. The lowest BCUT2D eigenvalue weighted by Gasteiger charge is -2.37. The molecular weight excluding hydrogens is 340 g/mol. The van der Waals surface area contributed by atoms with Crippen molar-refractivity contribution < 1.29 is 13.6 Å². The second kappa shape index (κ2) is 7.12. The molecule has 1 heterocycles. The van der Waals surface area contributed by atoms with E-state index >= 15 is 0 Å². The molecule has 0 aromatic heterocycles. The van der Waals surface area contributed by atoms with E-state index in [1.54, 1.807) is 12.1 Å². The van der Waals surface area contributed by atoms with Crippen molar-refractivity contribution in [3.63, 3.8) is 0 Å². The first-order valence-electron chi connectivity index (χ1n) is 7.89. The van der Waals surface area contributed by atoms with Gasteiger partial charge >= 0.3 is 0 Å². The number of nitrogens with zero attached hydrogens (tertiary/aromatic N) is 3. The molecule has 0 atom stereocenters. The summed E-state index contributed by atoms with van der Waals surface area (Å²) in [5, 5.41) is 18.0. The summed E-state index contributed by atoms with van der Waals surface area (Å²) in [6.07, 6.45) is 0. The third-order valence-corrected chi connectivity index (χ3v) is 5.17. The van der Waals surface area contributed by atoms with E-state index in [0.29, 0.717) is 18.9 Å². The summed E-state index contributed by atoms with van der Waals surface area (Å²) >= 11 is 0. The van der Waals surface area contributed by atoms with Gasteiger partial charge in [0, 0.05) is 37.4 Å². The van der Waals surface area contributed by atoms with Crippen LogP contribution < -0.4 is 10.0 Å². The number of sulfonamides is 1. The highest BCUT2D eigenvalue weighted by atomic mass is 32.2. The van der Waals surface area contributed by atoms with Crippen LogP contribution in [0.15, 0.2) is 64.6 Å². The van der Waals surface area contributed by atoms with Gasteiger partial charge in [-0.2, -0.15) is 0 Å². The molecule has 0 bridgehead atoms. The molecule has 3 N–H and O–H groups in total. The fraction of sp³-hybridized carbons (Fsp3) is 0.235. The minimum atomic E-state index is -3.67. The second-order valence-corrected chi connectivity index (χ2v) is 7.36. The Kier molecular flexibility index (Phi) is 4.91. The Morgan fingerprint density at radius 3 is 2.08 bits per heavy atom. The monoisotopic (exact) mass is 360 g/mol. The Labute approximate surface area is 147 Å². The minimum absolute atomic E-state index is 0.105. The first kappa shape index (κ1) is 17.2.